The average Bonchev–Trinajstić information content (AvgIpc) is 2.66. The molecule has 0 spiro atoms. The summed E-state index contributed by atoms with van der Waals surface area (Å²) in [6.45, 7) is 0.233. The molecule has 2 heterocycles. The summed E-state index contributed by atoms with van der Waals surface area (Å²) in [5.41, 5.74) is 1.08. The van der Waals surface area contributed by atoms with Crippen molar-refractivity contribution >= 4 is 11.6 Å². The topological polar surface area (TPSA) is 76.9 Å². The molecule has 0 fully saturated rings. The van der Waals surface area contributed by atoms with E-state index >= 15 is 0 Å². The fourth-order valence-corrected chi connectivity index (χ4v) is 2.48. The SMILES string of the molecule is O=C(CCCn1nc(-c2ccncc2)ccc1=O)Nc1ccc(F)cc1F. The van der Waals surface area contributed by atoms with Crippen molar-refractivity contribution in [2.24, 2.45) is 0 Å². The second kappa shape index (κ2) is 8.31. The van der Waals surface area contributed by atoms with Gasteiger partial charge in [0, 0.05) is 43.1 Å². The molecule has 0 radical (unpaired) electrons. The van der Waals surface area contributed by atoms with E-state index < -0.39 is 17.5 Å². The van der Waals surface area contributed by atoms with Gasteiger partial charge in [-0.25, -0.2) is 13.5 Å². The van der Waals surface area contributed by atoms with Crippen molar-refractivity contribution in [2.45, 2.75) is 19.4 Å². The molecule has 3 rings (SSSR count). The van der Waals surface area contributed by atoms with Gasteiger partial charge in [-0.05, 0) is 36.8 Å². The molecule has 1 amide bonds. The van der Waals surface area contributed by atoms with E-state index in [0.29, 0.717) is 18.2 Å². The Morgan fingerprint density at radius 1 is 1.07 bits per heavy atom. The Hall–Kier alpha value is -3.42. The number of amides is 1. The van der Waals surface area contributed by atoms with Crippen LogP contribution in [-0.2, 0) is 11.3 Å². The van der Waals surface area contributed by atoms with Gasteiger partial charge in [-0.2, -0.15) is 5.10 Å². The first-order valence-corrected chi connectivity index (χ1v) is 8.26. The van der Waals surface area contributed by atoms with E-state index in [9.17, 15) is 18.4 Å². The molecule has 0 atom stereocenters. The summed E-state index contributed by atoms with van der Waals surface area (Å²) in [4.78, 5) is 27.8. The molecule has 6 nitrogen and oxygen atoms in total. The van der Waals surface area contributed by atoms with E-state index in [0.717, 1.165) is 17.7 Å². The minimum Gasteiger partial charge on any atom is -0.324 e. The number of aryl methyl sites for hydroxylation is 1. The Morgan fingerprint density at radius 2 is 1.85 bits per heavy atom. The smallest absolute Gasteiger partial charge is 0.266 e. The molecular weight excluding hydrogens is 354 g/mol. The van der Waals surface area contributed by atoms with Crippen molar-refractivity contribution in [3.63, 3.8) is 0 Å². The summed E-state index contributed by atoms with van der Waals surface area (Å²) in [5.74, 6) is -1.99. The Labute approximate surface area is 153 Å². The molecule has 0 aliphatic heterocycles. The number of carbonyl (C=O) groups excluding carboxylic acids is 1. The van der Waals surface area contributed by atoms with Crippen LogP contribution in [0.15, 0.2) is 59.7 Å². The quantitative estimate of drug-likeness (QED) is 0.724. The van der Waals surface area contributed by atoms with Crippen LogP contribution in [0.25, 0.3) is 11.3 Å². The molecule has 0 aliphatic carbocycles. The van der Waals surface area contributed by atoms with Gasteiger partial charge in [0.2, 0.25) is 5.91 Å². The van der Waals surface area contributed by atoms with Gasteiger partial charge in [-0.1, -0.05) is 0 Å². The Kier molecular flexibility index (Phi) is 5.65. The van der Waals surface area contributed by atoms with Crippen molar-refractivity contribution in [1.82, 2.24) is 14.8 Å². The molecule has 2 aromatic heterocycles. The number of nitrogens with zero attached hydrogens (tertiary/aromatic N) is 3. The van der Waals surface area contributed by atoms with Crippen LogP contribution in [0.2, 0.25) is 0 Å². The molecule has 0 unspecified atom stereocenters. The normalized spacial score (nSPS) is 10.6. The fraction of sp³-hybridized carbons (Fsp3) is 0.158. The maximum atomic E-state index is 13.5. The first kappa shape index (κ1) is 18.4. The van der Waals surface area contributed by atoms with E-state index in [1.54, 1.807) is 30.6 Å². The maximum absolute atomic E-state index is 13.5. The highest BCUT2D eigenvalue weighted by molar-refractivity contribution is 5.90. The zero-order valence-electron chi connectivity index (χ0n) is 14.2. The molecule has 1 N–H and O–H groups in total. The minimum absolute atomic E-state index is 0.0599. The first-order chi connectivity index (χ1) is 13.0. The number of hydrogen-bond donors (Lipinski definition) is 1. The molecule has 27 heavy (non-hydrogen) atoms. The third kappa shape index (κ3) is 4.81. The Balaban J connectivity index is 1.60. The molecule has 138 valence electrons. The molecule has 0 aliphatic rings. The largest absolute Gasteiger partial charge is 0.324 e. The first-order valence-electron chi connectivity index (χ1n) is 8.26. The highest BCUT2D eigenvalue weighted by atomic mass is 19.1. The van der Waals surface area contributed by atoms with Crippen molar-refractivity contribution in [2.75, 3.05) is 5.32 Å². The summed E-state index contributed by atoms with van der Waals surface area (Å²) in [7, 11) is 0. The van der Waals surface area contributed by atoms with E-state index in [2.05, 4.69) is 15.4 Å². The maximum Gasteiger partial charge on any atom is 0.266 e. The minimum atomic E-state index is -0.841. The summed E-state index contributed by atoms with van der Waals surface area (Å²) >= 11 is 0. The average molecular weight is 370 g/mol. The third-order valence-electron chi connectivity index (χ3n) is 3.82. The van der Waals surface area contributed by atoms with Gasteiger partial charge in [-0.3, -0.25) is 14.6 Å². The zero-order valence-corrected chi connectivity index (χ0v) is 14.2. The zero-order chi connectivity index (χ0) is 19.2. The monoisotopic (exact) mass is 370 g/mol. The predicted molar refractivity (Wildman–Crippen MR) is 95.9 cm³/mol. The second-order valence-electron chi connectivity index (χ2n) is 5.79. The molecule has 0 saturated heterocycles. The Morgan fingerprint density at radius 3 is 2.59 bits per heavy atom. The van der Waals surface area contributed by atoms with Crippen LogP contribution in [0.1, 0.15) is 12.8 Å². The summed E-state index contributed by atoms with van der Waals surface area (Å²) < 4.78 is 27.7. The van der Waals surface area contributed by atoms with Gasteiger partial charge < -0.3 is 5.32 Å². The Bertz CT molecular complexity index is 1010. The lowest BCUT2D eigenvalue weighted by Gasteiger charge is -2.08. The van der Waals surface area contributed by atoms with Crippen LogP contribution in [0, 0.1) is 11.6 Å². The van der Waals surface area contributed by atoms with Crippen LogP contribution in [0.5, 0.6) is 0 Å². The van der Waals surface area contributed by atoms with Crippen LogP contribution in [0.4, 0.5) is 14.5 Å². The van der Waals surface area contributed by atoms with Crippen molar-refractivity contribution in [3.05, 3.63) is 76.8 Å². The van der Waals surface area contributed by atoms with Crippen LogP contribution in [-0.4, -0.2) is 20.7 Å². The number of aromatic nitrogens is 3. The van der Waals surface area contributed by atoms with Gasteiger partial charge in [0.05, 0.1) is 11.4 Å². The van der Waals surface area contributed by atoms with Gasteiger partial charge in [-0.15, -0.1) is 0 Å². The fourth-order valence-electron chi connectivity index (χ4n) is 2.48. The van der Waals surface area contributed by atoms with Crippen molar-refractivity contribution < 1.29 is 13.6 Å². The van der Waals surface area contributed by atoms with Gasteiger partial charge in [0.15, 0.2) is 0 Å². The van der Waals surface area contributed by atoms with E-state index in [-0.39, 0.29) is 24.2 Å². The molecule has 1 aromatic carbocycles. The molecule has 3 aromatic rings. The highest BCUT2D eigenvalue weighted by Crippen LogP contribution is 2.16. The van der Waals surface area contributed by atoms with Gasteiger partial charge in [0.25, 0.3) is 5.56 Å². The number of benzene rings is 1. The number of anilines is 1. The van der Waals surface area contributed by atoms with Crippen LogP contribution >= 0.6 is 0 Å². The highest BCUT2D eigenvalue weighted by Gasteiger charge is 2.09. The summed E-state index contributed by atoms with van der Waals surface area (Å²) in [5, 5.41) is 6.67. The van der Waals surface area contributed by atoms with Gasteiger partial charge >= 0.3 is 0 Å². The second-order valence-corrected chi connectivity index (χ2v) is 5.79. The van der Waals surface area contributed by atoms with E-state index in [1.165, 1.54) is 10.7 Å². The number of carbonyl (C=O) groups is 1. The van der Waals surface area contributed by atoms with Crippen molar-refractivity contribution in [3.8, 4) is 11.3 Å². The number of nitrogens with one attached hydrogen (secondary N) is 1. The van der Waals surface area contributed by atoms with Crippen molar-refractivity contribution in [1.29, 1.82) is 0 Å². The summed E-state index contributed by atoms with van der Waals surface area (Å²) in [6, 6.07) is 9.52. The standard InChI is InChI=1S/C19H16F2N4O2/c20-14-3-4-17(15(21)12-14)23-18(26)2-1-11-25-19(27)6-5-16(24-25)13-7-9-22-10-8-13/h3-10,12H,1-2,11H2,(H,23,26). The number of halogens is 2. The van der Waals surface area contributed by atoms with E-state index in [4.69, 9.17) is 0 Å². The van der Waals surface area contributed by atoms with Crippen LogP contribution < -0.4 is 10.9 Å². The lowest BCUT2D eigenvalue weighted by molar-refractivity contribution is -0.116. The predicted octanol–water partition coefficient (Wildman–Crippen LogP) is 3.00. The third-order valence-corrected chi connectivity index (χ3v) is 3.82. The van der Waals surface area contributed by atoms with E-state index in [1.807, 2.05) is 0 Å². The molecule has 0 bridgehead atoms. The van der Waals surface area contributed by atoms with Crippen LogP contribution in [0.3, 0.4) is 0 Å². The van der Waals surface area contributed by atoms with Gasteiger partial charge in [0.1, 0.15) is 11.6 Å². The molecule has 0 saturated carbocycles. The lowest BCUT2D eigenvalue weighted by atomic mass is 10.2. The molecule has 8 heteroatoms. The summed E-state index contributed by atoms with van der Waals surface area (Å²) in [6.07, 6.45) is 3.66. The number of hydrogen-bond acceptors (Lipinski definition) is 4. The lowest BCUT2D eigenvalue weighted by Crippen LogP contribution is -2.23. The number of pyridine rings is 1. The molecular formula is C19H16F2N4O2. The number of rotatable bonds is 6.